The third-order valence-electron chi connectivity index (χ3n) is 11.0. The van der Waals surface area contributed by atoms with Crippen molar-refractivity contribution in [1.82, 2.24) is 23.5 Å². The van der Waals surface area contributed by atoms with Crippen LogP contribution < -0.4 is 36.0 Å². The summed E-state index contributed by atoms with van der Waals surface area (Å²) in [6.07, 6.45) is 1.16. The van der Waals surface area contributed by atoms with Gasteiger partial charge in [0.25, 0.3) is 17.4 Å². The van der Waals surface area contributed by atoms with Gasteiger partial charge in [0, 0.05) is 56.1 Å². The summed E-state index contributed by atoms with van der Waals surface area (Å²) in [5.41, 5.74) is -0.207. The second kappa shape index (κ2) is 13.1. The van der Waals surface area contributed by atoms with Gasteiger partial charge in [-0.3, -0.25) is 14.4 Å². The highest BCUT2D eigenvalue weighted by molar-refractivity contribution is 6.58. The molecule has 0 radical (unpaired) electrons. The first-order valence-corrected chi connectivity index (χ1v) is 18.1. The third-order valence-corrected chi connectivity index (χ3v) is 12.4. The van der Waals surface area contributed by atoms with Crippen LogP contribution in [0.25, 0.3) is 11.0 Å². The van der Waals surface area contributed by atoms with E-state index in [2.05, 4.69) is 4.98 Å². The van der Waals surface area contributed by atoms with Gasteiger partial charge in [0.2, 0.25) is 0 Å². The molecule has 1 N–H and O–H groups in total. The minimum Gasteiger partial charge on any atom is -0.508 e. The predicted octanol–water partition coefficient (Wildman–Crippen LogP) is 3.37. The van der Waals surface area contributed by atoms with Crippen molar-refractivity contribution in [1.29, 1.82) is 0 Å². The van der Waals surface area contributed by atoms with Crippen LogP contribution in [0.5, 0.6) is 23.0 Å². The molecule has 2 fully saturated rings. The minimum absolute atomic E-state index is 0.0236. The van der Waals surface area contributed by atoms with Crippen molar-refractivity contribution in [2.24, 2.45) is 7.05 Å². The van der Waals surface area contributed by atoms with Crippen LogP contribution in [0.2, 0.25) is 0 Å². The first kappa shape index (κ1) is 37.1. The van der Waals surface area contributed by atoms with Gasteiger partial charge < -0.3 is 23.9 Å². The molecule has 4 atom stereocenters. The molecular formula is C38H33Cl2FN6O9. The number of anilines is 1. The summed E-state index contributed by atoms with van der Waals surface area (Å²) < 4.78 is 35.1. The van der Waals surface area contributed by atoms with Gasteiger partial charge >= 0.3 is 11.4 Å². The van der Waals surface area contributed by atoms with E-state index in [-0.39, 0.29) is 48.0 Å². The molecule has 0 bridgehead atoms. The fraction of sp³-hybridized carbons (Fsp3) is 0.316. The minimum atomic E-state index is -2.23. The number of benzene rings is 3. The zero-order valence-electron chi connectivity index (χ0n) is 30.3. The Balaban J connectivity index is 1.24. The van der Waals surface area contributed by atoms with Gasteiger partial charge in [-0.15, -0.1) is 23.2 Å². The van der Waals surface area contributed by atoms with Gasteiger partial charge in [0.05, 0.1) is 50.6 Å². The van der Waals surface area contributed by atoms with E-state index in [1.165, 1.54) is 65.6 Å². The maximum Gasteiger partial charge on any atom is 0.347 e. The first-order valence-electron chi connectivity index (χ1n) is 17.3. The number of aromatic nitrogens is 5. The molecule has 290 valence electrons. The number of aromatic hydroxyl groups is 1. The normalized spacial score (nSPS) is 22.8. The smallest absolute Gasteiger partial charge is 0.347 e. The SMILES string of the molecule is COc1cc2nc(CCn3c(=O)n4n(c3=O)[C@@H]3C[C@@]5(Cl)C(=O)N(c6ccc(F)cc6)C(=O)[C@@]5(Cl)[C@@H](c5ccc(O)cc5OC)C3=CC4)c(=O)n(C)c2cc1OC. The van der Waals surface area contributed by atoms with Crippen molar-refractivity contribution in [2.75, 3.05) is 26.2 Å². The summed E-state index contributed by atoms with van der Waals surface area (Å²) in [6.45, 7) is -0.363. The molecule has 3 aromatic carbocycles. The highest BCUT2D eigenvalue weighted by atomic mass is 35.5. The van der Waals surface area contributed by atoms with Gasteiger partial charge in [-0.25, -0.2) is 37.8 Å². The lowest BCUT2D eigenvalue weighted by Crippen LogP contribution is -2.59. The molecule has 3 aliphatic rings. The van der Waals surface area contributed by atoms with Crippen molar-refractivity contribution in [3.05, 3.63) is 115 Å². The monoisotopic (exact) mass is 806 g/mol. The lowest BCUT2D eigenvalue weighted by molar-refractivity contribution is -0.122. The summed E-state index contributed by atoms with van der Waals surface area (Å²) in [6, 6.07) is 11.0. The number of aryl methyl sites for hydroxylation is 2. The number of phenolic OH excluding ortho intramolecular Hbond substituents is 1. The topological polar surface area (TPSA) is 169 Å². The largest absolute Gasteiger partial charge is 0.508 e. The average Bonchev–Trinajstić information content (AvgIpc) is 3.52. The Morgan fingerprint density at radius 1 is 0.893 bits per heavy atom. The van der Waals surface area contributed by atoms with Crippen molar-refractivity contribution in [3.63, 3.8) is 0 Å². The van der Waals surface area contributed by atoms with Crippen LogP contribution in [-0.2, 0) is 36.1 Å². The standard InChI is InChI=1S/C38H33Cl2FN6O9/c1-43-26-17-30(56-4)29(55-3)16-25(26)42-24(32(43)49)12-13-44-35(52)45-14-11-22-27(47(45)36(44)53)18-37(39)33(50)46(20-7-5-19(41)6-8-20)34(51)38(37,40)31(22)23-10-9-21(48)15-28(23)54-2/h5-11,15-17,27,31,48H,12-14,18H2,1-4H3/t27-,31-,37-,38+/m1/s1. The maximum absolute atomic E-state index is 14.6. The summed E-state index contributed by atoms with van der Waals surface area (Å²) in [5, 5.41) is 10.3. The van der Waals surface area contributed by atoms with Gasteiger partial charge in [0.1, 0.15) is 23.0 Å². The van der Waals surface area contributed by atoms with E-state index >= 15 is 0 Å². The molecule has 1 aliphatic carbocycles. The second-order valence-electron chi connectivity index (χ2n) is 13.7. The average molecular weight is 808 g/mol. The van der Waals surface area contributed by atoms with Gasteiger partial charge in [-0.1, -0.05) is 12.1 Å². The number of carbonyl (C=O) groups is 2. The van der Waals surface area contributed by atoms with Crippen molar-refractivity contribution >= 4 is 51.7 Å². The number of amides is 2. The Kier molecular flexibility index (Phi) is 8.69. The summed E-state index contributed by atoms with van der Waals surface area (Å²) in [5.74, 6) is -2.88. The zero-order valence-corrected chi connectivity index (χ0v) is 31.8. The van der Waals surface area contributed by atoms with Crippen LogP contribution >= 0.6 is 23.2 Å². The van der Waals surface area contributed by atoms with E-state index in [9.17, 15) is 33.5 Å². The van der Waals surface area contributed by atoms with Crippen molar-refractivity contribution in [2.45, 2.75) is 47.6 Å². The molecule has 5 aromatic rings. The molecule has 15 nitrogen and oxygen atoms in total. The number of halogens is 3. The molecular weight excluding hydrogens is 774 g/mol. The molecule has 1 saturated carbocycles. The Morgan fingerprint density at radius 3 is 2.25 bits per heavy atom. The maximum atomic E-state index is 14.6. The number of ether oxygens (including phenoxy) is 3. The number of rotatable bonds is 8. The second-order valence-corrected chi connectivity index (χ2v) is 15.0. The number of nitrogens with zero attached hydrogens (tertiary/aromatic N) is 6. The van der Waals surface area contributed by atoms with Crippen LogP contribution in [0.1, 0.15) is 29.6 Å². The lowest BCUT2D eigenvalue weighted by atomic mass is 9.64. The van der Waals surface area contributed by atoms with Crippen molar-refractivity contribution in [3.8, 4) is 23.0 Å². The number of alkyl halides is 2. The highest BCUT2D eigenvalue weighted by Crippen LogP contribution is 2.64. The lowest BCUT2D eigenvalue weighted by Gasteiger charge is -2.49. The van der Waals surface area contributed by atoms with Gasteiger partial charge in [-0.05, 0) is 35.9 Å². The van der Waals surface area contributed by atoms with E-state index in [0.717, 1.165) is 21.6 Å². The summed E-state index contributed by atoms with van der Waals surface area (Å²) in [7, 11) is 5.86. The number of hydrogen-bond acceptors (Lipinski definition) is 10. The molecule has 0 unspecified atom stereocenters. The number of allylic oxidation sites excluding steroid dienone is 2. The third kappa shape index (κ3) is 5.08. The van der Waals surface area contributed by atoms with E-state index in [4.69, 9.17) is 37.4 Å². The van der Waals surface area contributed by atoms with Crippen LogP contribution in [-0.4, -0.2) is 71.5 Å². The fourth-order valence-corrected chi connectivity index (χ4v) is 9.18. The molecule has 4 heterocycles. The molecule has 2 aromatic heterocycles. The number of hydrogen-bond donors (Lipinski definition) is 1. The number of phenols is 1. The molecule has 2 amide bonds. The summed E-state index contributed by atoms with van der Waals surface area (Å²) in [4.78, 5) is 71.7. The van der Waals surface area contributed by atoms with Crippen LogP contribution in [0, 0.1) is 5.82 Å². The predicted molar refractivity (Wildman–Crippen MR) is 202 cm³/mol. The van der Waals surface area contributed by atoms with Gasteiger partial charge in [-0.2, -0.15) is 0 Å². The van der Waals surface area contributed by atoms with E-state index in [0.29, 0.717) is 28.1 Å². The molecule has 2 aliphatic heterocycles. The van der Waals surface area contributed by atoms with Crippen molar-refractivity contribution < 1.29 is 33.3 Å². The van der Waals surface area contributed by atoms with E-state index in [1.54, 1.807) is 25.3 Å². The Bertz CT molecular complexity index is 2720. The Hall–Kier alpha value is -5.87. The highest BCUT2D eigenvalue weighted by Gasteiger charge is 2.76. The first-order chi connectivity index (χ1) is 26.7. The summed E-state index contributed by atoms with van der Waals surface area (Å²) >= 11 is 14.8. The number of methoxy groups -OCH3 is 3. The zero-order chi connectivity index (χ0) is 40.0. The molecule has 0 spiro atoms. The Morgan fingerprint density at radius 2 is 1.57 bits per heavy atom. The van der Waals surface area contributed by atoms with Crippen LogP contribution in [0.3, 0.4) is 0 Å². The van der Waals surface area contributed by atoms with E-state index < -0.39 is 62.7 Å². The quantitative estimate of drug-likeness (QED) is 0.140. The van der Waals surface area contributed by atoms with Crippen LogP contribution in [0.4, 0.5) is 10.1 Å². The fourth-order valence-electron chi connectivity index (χ4n) is 8.27. The van der Waals surface area contributed by atoms with Crippen LogP contribution in [0.15, 0.2) is 80.6 Å². The van der Waals surface area contributed by atoms with E-state index in [1.807, 2.05) is 0 Å². The number of imide groups is 1. The molecule has 56 heavy (non-hydrogen) atoms. The molecule has 8 rings (SSSR count). The number of fused-ring (bicyclic) bond motifs is 5. The molecule has 18 heteroatoms. The Labute approximate surface area is 326 Å². The molecule has 1 saturated heterocycles. The van der Waals surface area contributed by atoms with Gasteiger partial charge in [0.15, 0.2) is 21.2 Å². The number of carbonyl (C=O) groups excluding carboxylic acids is 2.